The fraction of sp³-hybridized carbons (Fsp3) is 0.600. The van der Waals surface area contributed by atoms with Gasteiger partial charge in [0.25, 0.3) is 0 Å². The van der Waals surface area contributed by atoms with Crippen LogP contribution in [0.1, 0.15) is 45.6 Å². The molecule has 1 atom stereocenters. The van der Waals surface area contributed by atoms with Crippen LogP contribution in [0, 0.1) is 0 Å². The van der Waals surface area contributed by atoms with E-state index in [2.05, 4.69) is 0 Å². The van der Waals surface area contributed by atoms with Gasteiger partial charge in [-0.3, -0.25) is 13.3 Å². The van der Waals surface area contributed by atoms with E-state index in [1.54, 1.807) is 29.0 Å². The van der Waals surface area contributed by atoms with Gasteiger partial charge in [-0.2, -0.15) is 0 Å². The smallest absolute Gasteiger partial charge is 0.410 e. The zero-order chi connectivity index (χ0) is 21.3. The highest BCUT2D eigenvalue weighted by atomic mass is 32.2. The minimum absolute atomic E-state index is 0.0593. The highest BCUT2D eigenvalue weighted by molar-refractivity contribution is 7.80. The third-order valence-corrected chi connectivity index (χ3v) is 6.10. The molecule has 2 aliphatic rings. The second-order valence-corrected chi connectivity index (χ2v) is 9.33. The fourth-order valence-electron chi connectivity index (χ4n) is 3.81. The zero-order valence-corrected chi connectivity index (χ0v) is 18.2. The zero-order valence-electron chi connectivity index (χ0n) is 17.3. The van der Waals surface area contributed by atoms with Crippen LogP contribution in [0.2, 0.25) is 0 Å². The van der Waals surface area contributed by atoms with Crippen molar-refractivity contribution < 1.29 is 23.1 Å². The molecule has 0 radical (unpaired) electrons. The molecule has 0 aliphatic carbocycles. The first-order chi connectivity index (χ1) is 13.6. The fourth-order valence-corrected chi connectivity index (χ4v) is 4.55. The van der Waals surface area contributed by atoms with Crippen molar-refractivity contribution in [3.8, 4) is 0 Å². The number of hydrogen-bond acceptors (Lipinski definition) is 5. The molecule has 0 bridgehead atoms. The number of anilines is 2. The molecule has 29 heavy (non-hydrogen) atoms. The maximum Gasteiger partial charge on any atom is 0.410 e. The molecule has 1 aromatic carbocycles. The predicted molar refractivity (Wildman–Crippen MR) is 110 cm³/mol. The third-order valence-electron chi connectivity index (χ3n) is 5.27. The van der Waals surface area contributed by atoms with Gasteiger partial charge in [-0.05, 0) is 63.8 Å². The van der Waals surface area contributed by atoms with Gasteiger partial charge in [0.2, 0.25) is 5.91 Å². The van der Waals surface area contributed by atoms with E-state index in [4.69, 9.17) is 4.74 Å². The Hall–Kier alpha value is -2.13. The number of likely N-dealkylation sites (tertiary alicyclic amines) is 1. The molecule has 0 spiro atoms. The quantitative estimate of drug-likeness (QED) is 0.698. The van der Waals surface area contributed by atoms with E-state index >= 15 is 0 Å². The molecule has 1 saturated heterocycles. The molecule has 0 aromatic heterocycles. The predicted octanol–water partition coefficient (Wildman–Crippen LogP) is 2.60. The number of carbonyl (C=O) groups is 2. The number of carbonyl (C=O) groups excluding carboxylic acids is 2. The first-order valence-electron chi connectivity index (χ1n) is 9.83. The maximum atomic E-state index is 12.2. The molecule has 1 unspecified atom stereocenters. The number of piperidine rings is 1. The molecule has 1 fully saturated rings. The molecule has 0 N–H and O–H groups in total. The van der Waals surface area contributed by atoms with Crippen LogP contribution in [0.4, 0.5) is 16.2 Å². The van der Waals surface area contributed by atoms with Crippen molar-refractivity contribution in [2.75, 3.05) is 29.3 Å². The number of benzene rings is 1. The number of aryl methyl sites for hydroxylation is 1. The van der Waals surface area contributed by atoms with Crippen LogP contribution in [0.25, 0.3) is 0 Å². The Bertz CT molecular complexity index is 815. The second-order valence-electron chi connectivity index (χ2n) is 8.51. The van der Waals surface area contributed by atoms with Gasteiger partial charge >= 0.3 is 6.09 Å². The Morgan fingerprint density at radius 3 is 2.48 bits per heavy atom. The lowest BCUT2D eigenvalue weighted by Crippen LogP contribution is -2.48. The molecule has 9 heteroatoms. The van der Waals surface area contributed by atoms with Crippen molar-refractivity contribution in [3.63, 3.8) is 0 Å². The summed E-state index contributed by atoms with van der Waals surface area (Å²) in [6.07, 6.45) is 1.71. The standard InChI is InChI=1S/C20H29N3O5S/c1-20(2,3)28-19(25)22-11-9-15(10-12-22)23(29(26)27)16-6-7-17-14(13-16)5-8-18(24)21(17)4/h6-7,13,15H,5,8-12H2,1-4H3,(H,26,27)/p-1. The van der Waals surface area contributed by atoms with Crippen molar-refractivity contribution in [1.29, 1.82) is 0 Å². The van der Waals surface area contributed by atoms with Crippen LogP contribution < -0.4 is 9.21 Å². The van der Waals surface area contributed by atoms with Crippen molar-refractivity contribution in [3.05, 3.63) is 23.8 Å². The second kappa shape index (κ2) is 8.31. The van der Waals surface area contributed by atoms with Crippen molar-refractivity contribution in [2.24, 2.45) is 0 Å². The van der Waals surface area contributed by atoms with Gasteiger partial charge in [0.05, 0.1) is 0 Å². The van der Waals surface area contributed by atoms with Crippen LogP contribution in [0.3, 0.4) is 0 Å². The number of ether oxygens (including phenoxy) is 1. The summed E-state index contributed by atoms with van der Waals surface area (Å²) in [5.74, 6) is 0.0593. The number of nitrogens with zero attached hydrogens (tertiary/aromatic N) is 3. The lowest BCUT2D eigenvalue weighted by molar-refractivity contribution is -0.118. The van der Waals surface area contributed by atoms with E-state index in [1.165, 1.54) is 4.31 Å². The monoisotopic (exact) mass is 422 g/mol. The Morgan fingerprint density at radius 1 is 1.24 bits per heavy atom. The molecule has 160 valence electrons. The minimum atomic E-state index is -2.44. The van der Waals surface area contributed by atoms with Crippen LogP contribution in [-0.4, -0.2) is 57.4 Å². The van der Waals surface area contributed by atoms with Crippen molar-refractivity contribution >= 4 is 34.6 Å². The Kier molecular flexibility index (Phi) is 6.19. The van der Waals surface area contributed by atoms with Gasteiger partial charge in [0.15, 0.2) is 0 Å². The number of amides is 2. The lowest BCUT2D eigenvalue weighted by Gasteiger charge is -2.40. The third kappa shape index (κ3) is 4.90. The summed E-state index contributed by atoms with van der Waals surface area (Å²) in [4.78, 5) is 27.4. The number of fused-ring (bicyclic) bond motifs is 1. The number of hydrogen-bond donors (Lipinski definition) is 0. The van der Waals surface area contributed by atoms with E-state index in [0.717, 1.165) is 11.3 Å². The van der Waals surface area contributed by atoms with Crippen LogP contribution in [-0.2, 0) is 27.2 Å². The first kappa shape index (κ1) is 21.6. The highest BCUT2D eigenvalue weighted by Gasteiger charge is 2.31. The van der Waals surface area contributed by atoms with E-state index in [0.29, 0.717) is 44.5 Å². The molecule has 2 heterocycles. The summed E-state index contributed by atoms with van der Waals surface area (Å²) in [5, 5.41) is 0. The van der Waals surface area contributed by atoms with Gasteiger partial charge in [-0.25, -0.2) is 4.79 Å². The van der Waals surface area contributed by atoms with Gasteiger partial charge in [-0.15, -0.1) is 0 Å². The average molecular weight is 423 g/mol. The van der Waals surface area contributed by atoms with E-state index in [9.17, 15) is 18.4 Å². The van der Waals surface area contributed by atoms with Crippen LogP contribution in [0.5, 0.6) is 0 Å². The summed E-state index contributed by atoms with van der Waals surface area (Å²) in [6.45, 7) is 6.34. The number of rotatable bonds is 3. The largest absolute Gasteiger partial charge is 0.755 e. The van der Waals surface area contributed by atoms with Crippen LogP contribution >= 0.6 is 0 Å². The van der Waals surface area contributed by atoms with Crippen molar-refractivity contribution in [1.82, 2.24) is 4.90 Å². The lowest BCUT2D eigenvalue weighted by atomic mass is 10.00. The topological polar surface area (TPSA) is 93.2 Å². The van der Waals surface area contributed by atoms with Crippen molar-refractivity contribution in [2.45, 2.75) is 58.1 Å². The molecule has 2 aliphatic heterocycles. The SMILES string of the molecule is CN1C(=O)CCc2cc(N(C3CCN(C(=O)OC(C)(C)C)CC3)S(=O)[O-])ccc21. The summed E-state index contributed by atoms with van der Waals surface area (Å²) in [5.41, 5.74) is 1.82. The molecular weight excluding hydrogens is 394 g/mol. The molecule has 8 nitrogen and oxygen atoms in total. The Labute approximate surface area is 174 Å². The average Bonchev–Trinajstić information content (AvgIpc) is 2.64. The maximum absolute atomic E-state index is 12.2. The molecule has 0 saturated carbocycles. The van der Waals surface area contributed by atoms with Gasteiger partial charge in [0.1, 0.15) is 5.60 Å². The van der Waals surface area contributed by atoms with E-state index < -0.39 is 16.9 Å². The Morgan fingerprint density at radius 2 is 1.90 bits per heavy atom. The molecule has 1 aromatic rings. The Balaban J connectivity index is 1.73. The molecule has 3 rings (SSSR count). The summed E-state index contributed by atoms with van der Waals surface area (Å²) in [6, 6.07) is 5.17. The molecular formula is C20H28N3O5S-. The van der Waals surface area contributed by atoms with E-state index in [-0.39, 0.29) is 18.0 Å². The summed E-state index contributed by atoms with van der Waals surface area (Å²) < 4.78 is 30.9. The van der Waals surface area contributed by atoms with Gasteiger partial charge < -0.3 is 19.1 Å². The van der Waals surface area contributed by atoms with E-state index in [1.807, 2.05) is 26.8 Å². The van der Waals surface area contributed by atoms with Gasteiger partial charge in [0, 0.05) is 55.2 Å². The van der Waals surface area contributed by atoms with Crippen LogP contribution in [0.15, 0.2) is 18.2 Å². The highest BCUT2D eigenvalue weighted by Crippen LogP contribution is 2.33. The molecule has 2 amide bonds. The normalized spacial score (nSPS) is 19.0. The summed E-state index contributed by atoms with van der Waals surface area (Å²) >= 11 is -2.44. The minimum Gasteiger partial charge on any atom is -0.755 e. The first-order valence-corrected chi connectivity index (χ1v) is 10.9. The van der Waals surface area contributed by atoms with Gasteiger partial charge in [-0.1, -0.05) is 0 Å². The summed E-state index contributed by atoms with van der Waals surface area (Å²) in [7, 11) is 1.73.